The number of thioether (sulfide) groups is 1. The molecule has 1 heterocycles. The number of benzene rings is 3. The van der Waals surface area contributed by atoms with Crippen LogP contribution in [0.3, 0.4) is 0 Å². The number of ether oxygens (including phenoxy) is 1. The number of amides is 3. The highest BCUT2D eigenvalue weighted by Crippen LogP contribution is 2.31. The Labute approximate surface area is 206 Å². The highest BCUT2D eigenvalue weighted by Gasteiger charge is 2.35. The maximum Gasteiger partial charge on any atom is 0.255 e. The number of carbonyl (C=O) groups is 3. The number of hydrogen-bond donors (Lipinski definition) is 2. The normalized spacial score (nSPS) is 15.1. The fraction of sp³-hybridized carbons (Fsp3) is 0.192. The zero-order valence-electron chi connectivity index (χ0n) is 19.2. The van der Waals surface area contributed by atoms with Crippen molar-refractivity contribution in [3.05, 3.63) is 78.1 Å². The molecular weight excluding hydrogens is 469 g/mol. The van der Waals surface area contributed by atoms with E-state index < -0.39 is 17.6 Å². The van der Waals surface area contributed by atoms with Crippen LogP contribution < -0.4 is 20.3 Å². The minimum absolute atomic E-state index is 0.107. The molecule has 2 N–H and O–H groups in total. The molecule has 0 aliphatic carbocycles. The summed E-state index contributed by atoms with van der Waals surface area (Å²) in [4.78, 5) is 40.8. The molecule has 3 aromatic carbocycles. The van der Waals surface area contributed by atoms with E-state index in [-0.39, 0.29) is 30.3 Å². The van der Waals surface area contributed by atoms with Gasteiger partial charge in [0.15, 0.2) is 0 Å². The van der Waals surface area contributed by atoms with Crippen molar-refractivity contribution in [3.8, 4) is 5.75 Å². The second-order valence-electron chi connectivity index (χ2n) is 7.97. The summed E-state index contributed by atoms with van der Waals surface area (Å²) < 4.78 is 18.8. The van der Waals surface area contributed by atoms with E-state index in [1.165, 1.54) is 25.3 Å². The molecule has 0 saturated carbocycles. The van der Waals surface area contributed by atoms with E-state index in [9.17, 15) is 18.8 Å². The Morgan fingerprint density at radius 1 is 1.06 bits per heavy atom. The third-order valence-corrected chi connectivity index (χ3v) is 6.43. The van der Waals surface area contributed by atoms with Gasteiger partial charge >= 0.3 is 0 Å². The van der Waals surface area contributed by atoms with Crippen LogP contribution in [0.1, 0.15) is 16.8 Å². The monoisotopic (exact) mass is 493 g/mol. The predicted molar refractivity (Wildman–Crippen MR) is 135 cm³/mol. The molecule has 9 heteroatoms. The third-order valence-electron chi connectivity index (χ3n) is 5.68. The first-order valence-corrected chi connectivity index (χ1v) is 12.1. The number of rotatable bonds is 7. The number of hydrogen-bond acceptors (Lipinski definition) is 5. The van der Waals surface area contributed by atoms with Crippen molar-refractivity contribution < 1.29 is 23.5 Å². The van der Waals surface area contributed by atoms with Crippen LogP contribution >= 0.6 is 11.8 Å². The van der Waals surface area contributed by atoms with E-state index >= 15 is 0 Å². The van der Waals surface area contributed by atoms with Gasteiger partial charge in [0.05, 0.1) is 18.7 Å². The lowest BCUT2D eigenvalue weighted by Gasteiger charge is -2.17. The van der Waals surface area contributed by atoms with Crippen LogP contribution in [0.25, 0.3) is 0 Å². The molecule has 0 aromatic heterocycles. The zero-order valence-corrected chi connectivity index (χ0v) is 20.0. The number of halogens is 1. The van der Waals surface area contributed by atoms with Gasteiger partial charge in [0, 0.05) is 34.8 Å². The first-order valence-electron chi connectivity index (χ1n) is 10.9. The summed E-state index contributed by atoms with van der Waals surface area (Å²) in [6.45, 7) is 0.280. The molecule has 3 amide bonds. The van der Waals surface area contributed by atoms with Crippen LogP contribution in [-0.2, 0) is 9.59 Å². The highest BCUT2D eigenvalue weighted by molar-refractivity contribution is 7.98. The lowest BCUT2D eigenvalue weighted by Crippen LogP contribution is -2.28. The molecule has 1 aliphatic rings. The van der Waals surface area contributed by atoms with Gasteiger partial charge < -0.3 is 20.3 Å². The SMILES string of the molecule is COc1ccc(NC(=O)C2CC(=O)N(c3ccc(SC)cc3)C2)cc1NC(=O)c1cccc(F)c1. The van der Waals surface area contributed by atoms with Crippen LogP contribution in [0, 0.1) is 11.7 Å². The average molecular weight is 494 g/mol. The lowest BCUT2D eigenvalue weighted by atomic mass is 10.1. The summed E-state index contributed by atoms with van der Waals surface area (Å²) in [7, 11) is 1.45. The summed E-state index contributed by atoms with van der Waals surface area (Å²) in [6.07, 6.45) is 2.09. The van der Waals surface area contributed by atoms with Gasteiger partial charge in [0.1, 0.15) is 11.6 Å². The van der Waals surface area contributed by atoms with Crippen molar-refractivity contribution in [2.45, 2.75) is 11.3 Å². The van der Waals surface area contributed by atoms with Gasteiger partial charge in [0.25, 0.3) is 5.91 Å². The fourth-order valence-corrected chi connectivity index (χ4v) is 4.26. The fourth-order valence-electron chi connectivity index (χ4n) is 3.85. The van der Waals surface area contributed by atoms with E-state index in [0.717, 1.165) is 16.6 Å². The van der Waals surface area contributed by atoms with Crippen LogP contribution in [0.15, 0.2) is 71.6 Å². The molecule has 180 valence electrons. The Hall–Kier alpha value is -3.85. The minimum Gasteiger partial charge on any atom is -0.495 e. The molecule has 4 rings (SSSR count). The number of carbonyl (C=O) groups excluding carboxylic acids is 3. The van der Waals surface area contributed by atoms with Gasteiger partial charge in [-0.2, -0.15) is 0 Å². The molecule has 1 atom stereocenters. The second kappa shape index (κ2) is 10.6. The molecule has 35 heavy (non-hydrogen) atoms. The smallest absolute Gasteiger partial charge is 0.255 e. The first kappa shape index (κ1) is 24.3. The van der Waals surface area contributed by atoms with Gasteiger partial charge in [-0.05, 0) is 66.9 Å². The zero-order chi connectivity index (χ0) is 24.9. The van der Waals surface area contributed by atoms with Gasteiger partial charge in [-0.15, -0.1) is 11.8 Å². The molecule has 1 aliphatic heterocycles. The maximum atomic E-state index is 13.5. The summed E-state index contributed by atoms with van der Waals surface area (Å²) in [5, 5.41) is 5.51. The number of methoxy groups -OCH3 is 1. The minimum atomic E-state index is -0.522. The van der Waals surface area contributed by atoms with E-state index in [4.69, 9.17) is 4.74 Å². The molecule has 1 saturated heterocycles. The Bertz CT molecular complexity index is 1270. The van der Waals surface area contributed by atoms with E-state index in [2.05, 4.69) is 10.6 Å². The molecule has 0 bridgehead atoms. The van der Waals surface area contributed by atoms with Crippen molar-refractivity contribution in [2.24, 2.45) is 5.92 Å². The Morgan fingerprint density at radius 3 is 2.51 bits per heavy atom. The van der Waals surface area contributed by atoms with E-state index in [1.54, 1.807) is 34.9 Å². The van der Waals surface area contributed by atoms with Crippen LogP contribution in [0.4, 0.5) is 21.5 Å². The van der Waals surface area contributed by atoms with E-state index in [0.29, 0.717) is 17.1 Å². The largest absolute Gasteiger partial charge is 0.495 e. The first-order chi connectivity index (χ1) is 16.9. The summed E-state index contributed by atoms with van der Waals surface area (Å²) >= 11 is 1.61. The summed E-state index contributed by atoms with van der Waals surface area (Å²) in [5.41, 5.74) is 1.66. The third kappa shape index (κ3) is 5.63. The molecule has 7 nitrogen and oxygen atoms in total. The number of nitrogens with one attached hydrogen (secondary N) is 2. The van der Waals surface area contributed by atoms with Crippen molar-refractivity contribution in [1.29, 1.82) is 0 Å². The van der Waals surface area contributed by atoms with Crippen LogP contribution in [0.2, 0.25) is 0 Å². The van der Waals surface area contributed by atoms with Crippen molar-refractivity contribution in [2.75, 3.05) is 35.4 Å². The van der Waals surface area contributed by atoms with Gasteiger partial charge in [-0.1, -0.05) is 6.07 Å². The van der Waals surface area contributed by atoms with Crippen molar-refractivity contribution in [3.63, 3.8) is 0 Å². The molecule has 1 unspecified atom stereocenters. The number of nitrogens with zero attached hydrogens (tertiary/aromatic N) is 1. The van der Waals surface area contributed by atoms with Crippen molar-refractivity contribution >= 4 is 46.5 Å². The van der Waals surface area contributed by atoms with Crippen molar-refractivity contribution in [1.82, 2.24) is 0 Å². The molecular formula is C26H24FN3O4S. The Morgan fingerprint density at radius 2 is 1.83 bits per heavy atom. The average Bonchev–Trinajstić information content (AvgIpc) is 3.26. The molecule has 1 fully saturated rings. The van der Waals surface area contributed by atoms with E-state index in [1.807, 2.05) is 30.5 Å². The molecule has 3 aromatic rings. The highest BCUT2D eigenvalue weighted by atomic mass is 32.2. The predicted octanol–water partition coefficient (Wildman–Crippen LogP) is 4.80. The summed E-state index contributed by atoms with van der Waals surface area (Å²) in [6, 6.07) is 17.8. The lowest BCUT2D eigenvalue weighted by molar-refractivity contribution is -0.122. The second-order valence-corrected chi connectivity index (χ2v) is 8.85. The Kier molecular flexibility index (Phi) is 7.36. The van der Waals surface area contributed by atoms with Crippen LogP contribution in [0.5, 0.6) is 5.75 Å². The quantitative estimate of drug-likeness (QED) is 0.462. The molecule has 0 radical (unpaired) electrons. The maximum absolute atomic E-state index is 13.5. The summed E-state index contributed by atoms with van der Waals surface area (Å²) in [5.74, 6) is -1.59. The van der Waals surface area contributed by atoms with Gasteiger partial charge in [-0.25, -0.2) is 4.39 Å². The topological polar surface area (TPSA) is 87.7 Å². The number of anilines is 3. The van der Waals surface area contributed by atoms with Gasteiger partial charge in [0.2, 0.25) is 11.8 Å². The van der Waals surface area contributed by atoms with Gasteiger partial charge in [-0.3, -0.25) is 14.4 Å². The standard InChI is InChI=1S/C26H24FN3O4S/c1-34-23-11-6-19(14-22(23)29-25(32)16-4-3-5-18(27)12-16)28-26(33)17-13-24(31)30(15-17)20-7-9-21(35-2)10-8-20/h3-12,14,17H,13,15H2,1-2H3,(H,28,33)(H,29,32). The van der Waals surface area contributed by atoms with Crippen LogP contribution in [-0.4, -0.2) is 37.6 Å². The Balaban J connectivity index is 1.45. The molecule has 0 spiro atoms.